The van der Waals surface area contributed by atoms with Crippen molar-refractivity contribution in [2.24, 2.45) is 0 Å². The molecule has 1 heterocycles. The minimum absolute atomic E-state index is 0.138. The number of amides is 1. The fraction of sp³-hybridized carbons (Fsp3) is 0.148. The Kier molecular flexibility index (Phi) is 6.92. The lowest BCUT2D eigenvalue weighted by Crippen LogP contribution is -2.30. The molecule has 1 unspecified atom stereocenters. The van der Waals surface area contributed by atoms with Crippen molar-refractivity contribution in [3.05, 3.63) is 102 Å². The van der Waals surface area contributed by atoms with Crippen LogP contribution in [0.4, 0.5) is 0 Å². The van der Waals surface area contributed by atoms with E-state index in [1.165, 1.54) is 0 Å². The highest BCUT2D eigenvalue weighted by molar-refractivity contribution is 7.83. The fourth-order valence-electron chi connectivity index (χ4n) is 3.95. The largest absolute Gasteiger partial charge is 0.344 e. The second kappa shape index (κ2) is 10.2. The third-order valence-corrected chi connectivity index (χ3v) is 6.11. The van der Waals surface area contributed by atoms with E-state index in [9.17, 15) is 14.3 Å². The summed E-state index contributed by atoms with van der Waals surface area (Å²) in [5.41, 5.74) is 4.13. The first-order chi connectivity index (χ1) is 16.1. The molecule has 4 aromatic rings. The number of nitrogens with zero attached hydrogens (tertiary/aromatic N) is 2. The van der Waals surface area contributed by atoms with E-state index in [1.54, 1.807) is 6.26 Å². The number of carbonyl (C=O) groups is 1. The highest BCUT2D eigenvalue weighted by atomic mass is 32.2. The average Bonchev–Trinajstić information content (AvgIpc) is 2.84. The van der Waals surface area contributed by atoms with Gasteiger partial charge in [-0.3, -0.25) is 9.00 Å². The molecule has 3 aromatic carbocycles. The van der Waals surface area contributed by atoms with E-state index >= 15 is 0 Å². The monoisotopic (exact) mass is 453 g/mol. The van der Waals surface area contributed by atoms with Crippen LogP contribution in [0.25, 0.3) is 22.2 Å². The van der Waals surface area contributed by atoms with E-state index < -0.39 is 16.8 Å². The summed E-state index contributed by atoms with van der Waals surface area (Å²) in [4.78, 5) is 18.6. The van der Waals surface area contributed by atoms with Gasteiger partial charge in [0.15, 0.2) is 0 Å². The van der Waals surface area contributed by atoms with Crippen molar-refractivity contribution in [2.75, 3.05) is 6.26 Å². The van der Waals surface area contributed by atoms with E-state index in [0.29, 0.717) is 27.7 Å². The molecule has 1 amide bonds. The maximum Gasteiger partial charge on any atom is 0.252 e. The van der Waals surface area contributed by atoms with Crippen molar-refractivity contribution in [3.63, 3.8) is 0 Å². The maximum absolute atomic E-state index is 13.8. The summed E-state index contributed by atoms with van der Waals surface area (Å²) in [7, 11) is -1.19. The van der Waals surface area contributed by atoms with Crippen LogP contribution in [-0.4, -0.2) is 21.4 Å². The number of hydrogen-bond acceptors (Lipinski definition) is 4. The van der Waals surface area contributed by atoms with Gasteiger partial charge < -0.3 is 5.32 Å². The molecule has 33 heavy (non-hydrogen) atoms. The van der Waals surface area contributed by atoms with Gasteiger partial charge in [-0.2, -0.15) is 5.26 Å². The molecule has 1 N–H and O–H groups in total. The van der Waals surface area contributed by atoms with E-state index in [0.717, 1.165) is 11.1 Å². The van der Waals surface area contributed by atoms with E-state index in [1.807, 2.05) is 84.9 Å². The third kappa shape index (κ3) is 5.00. The Balaban J connectivity index is 1.90. The smallest absolute Gasteiger partial charge is 0.252 e. The third-order valence-electron chi connectivity index (χ3n) is 5.42. The van der Waals surface area contributed by atoms with Crippen molar-refractivity contribution < 1.29 is 9.00 Å². The van der Waals surface area contributed by atoms with Gasteiger partial charge >= 0.3 is 0 Å². The second-order valence-corrected chi connectivity index (χ2v) is 9.15. The molecule has 5 nitrogen and oxygen atoms in total. The van der Waals surface area contributed by atoms with Gasteiger partial charge in [0.25, 0.3) is 5.91 Å². The van der Waals surface area contributed by atoms with Crippen molar-refractivity contribution >= 4 is 27.6 Å². The summed E-state index contributed by atoms with van der Waals surface area (Å²) in [5.74, 6) is -0.116. The highest BCUT2D eigenvalue weighted by Crippen LogP contribution is 2.32. The number of nitrogens with one attached hydrogen (secondary N) is 1. The van der Waals surface area contributed by atoms with Crippen molar-refractivity contribution in [3.8, 4) is 17.3 Å². The number of benzene rings is 3. The lowest BCUT2D eigenvalue weighted by molar-refractivity contribution is 0.0938. The number of carbonyl (C=O) groups excluding carboxylic acids is 1. The molecule has 0 aliphatic rings. The van der Waals surface area contributed by atoms with Crippen molar-refractivity contribution in [1.29, 1.82) is 5.26 Å². The Bertz CT molecular complexity index is 1350. The first kappa shape index (κ1) is 22.4. The Morgan fingerprint density at radius 2 is 1.64 bits per heavy atom. The average molecular weight is 454 g/mol. The van der Waals surface area contributed by atoms with Crippen LogP contribution < -0.4 is 5.32 Å². The summed E-state index contributed by atoms with van der Waals surface area (Å²) < 4.78 is 12.4. The fourth-order valence-corrected chi connectivity index (χ4v) is 4.64. The number of aromatic nitrogens is 1. The van der Waals surface area contributed by atoms with Crippen LogP contribution in [0.5, 0.6) is 0 Å². The van der Waals surface area contributed by atoms with E-state index in [4.69, 9.17) is 4.98 Å². The van der Waals surface area contributed by atoms with Crippen LogP contribution in [0, 0.1) is 11.3 Å². The zero-order valence-electron chi connectivity index (χ0n) is 18.2. The Hall–Kier alpha value is -3.82. The summed E-state index contributed by atoms with van der Waals surface area (Å²) in [6.45, 7) is 0. The molecule has 164 valence electrons. The molecule has 0 saturated carbocycles. The molecule has 0 saturated heterocycles. The standard InChI is InChI=1S/C27H23N3O2S/c1-33(32)18-22-25(27(31)30-23(16-17-28)19-10-4-2-5-11-19)21-14-8-9-15-24(21)29-26(22)20-12-6-3-7-13-20/h2-15,23H,16,18H2,1H3,(H,30,31)/t23-,33?/m0/s1. The minimum atomic E-state index is -1.19. The molecule has 0 aliphatic heterocycles. The molecule has 0 bridgehead atoms. The van der Waals surface area contributed by atoms with Crippen molar-refractivity contribution in [2.45, 2.75) is 18.2 Å². The van der Waals surface area contributed by atoms with Crippen LogP contribution in [0.15, 0.2) is 84.9 Å². The first-order valence-corrected chi connectivity index (χ1v) is 12.3. The van der Waals surface area contributed by atoms with E-state index in [-0.39, 0.29) is 18.1 Å². The Morgan fingerprint density at radius 3 is 2.30 bits per heavy atom. The van der Waals surface area contributed by atoms with Gasteiger partial charge in [0.2, 0.25) is 0 Å². The van der Waals surface area contributed by atoms with Gasteiger partial charge in [0, 0.05) is 33.6 Å². The molecule has 0 radical (unpaired) electrons. The van der Waals surface area contributed by atoms with Gasteiger partial charge in [-0.25, -0.2) is 4.98 Å². The van der Waals surface area contributed by atoms with Crippen LogP contribution in [0.2, 0.25) is 0 Å². The molecule has 0 aliphatic carbocycles. The van der Waals surface area contributed by atoms with Gasteiger partial charge in [0.1, 0.15) is 0 Å². The number of rotatable bonds is 7. The Labute approximate surface area is 195 Å². The first-order valence-electron chi connectivity index (χ1n) is 10.6. The summed E-state index contributed by atoms with van der Waals surface area (Å²) >= 11 is 0. The van der Waals surface area contributed by atoms with Crippen LogP contribution >= 0.6 is 0 Å². The lowest BCUT2D eigenvalue weighted by Gasteiger charge is -2.20. The number of nitriles is 1. The van der Waals surface area contributed by atoms with Crippen LogP contribution in [0.1, 0.15) is 33.9 Å². The Morgan fingerprint density at radius 1 is 1.00 bits per heavy atom. The molecule has 6 heteroatoms. The lowest BCUT2D eigenvalue weighted by atomic mass is 9.96. The molecule has 0 fully saturated rings. The molecule has 0 spiro atoms. The summed E-state index contributed by atoms with van der Waals surface area (Å²) in [6.07, 6.45) is 1.76. The normalized spacial score (nSPS) is 12.6. The zero-order valence-corrected chi connectivity index (χ0v) is 19.0. The van der Waals surface area contributed by atoms with Gasteiger partial charge in [-0.1, -0.05) is 78.9 Å². The number of hydrogen-bond donors (Lipinski definition) is 1. The van der Waals surface area contributed by atoms with Gasteiger partial charge in [-0.15, -0.1) is 0 Å². The number of fused-ring (bicyclic) bond motifs is 1. The number of para-hydroxylation sites is 1. The minimum Gasteiger partial charge on any atom is -0.344 e. The summed E-state index contributed by atoms with van der Waals surface area (Å²) in [5, 5.41) is 13.1. The maximum atomic E-state index is 13.8. The van der Waals surface area contributed by atoms with E-state index in [2.05, 4.69) is 11.4 Å². The van der Waals surface area contributed by atoms with Crippen molar-refractivity contribution in [1.82, 2.24) is 10.3 Å². The second-order valence-electron chi connectivity index (χ2n) is 7.71. The quantitative estimate of drug-likeness (QED) is 0.419. The number of pyridine rings is 1. The SMILES string of the molecule is CS(=O)Cc1c(-c2ccccc2)nc2ccccc2c1C(=O)N[C@@H](CC#N)c1ccccc1. The van der Waals surface area contributed by atoms with Crippen LogP contribution in [0.3, 0.4) is 0 Å². The predicted molar refractivity (Wildman–Crippen MR) is 132 cm³/mol. The summed E-state index contributed by atoms with van der Waals surface area (Å²) in [6, 6.07) is 28.2. The molecule has 4 rings (SSSR count). The predicted octanol–water partition coefficient (Wildman–Crippen LogP) is 5.17. The van der Waals surface area contributed by atoms with Crippen LogP contribution in [-0.2, 0) is 16.6 Å². The topological polar surface area (TPSA) is 82.8 Å². The van der Waals surface area contributed by atoms with Gasteiger partial charge in [-0.05, 0) is 11.6 Å². The van der Waals surface area contributed by atoms with Gasteiger partial charge in [0.05, 0.1) is 41.1 Å². The highest BCUT2D eigenvalue weighted by Gasteiger charge is 2.24. The zero-order chi connectivity index (χ0) is 23.2. The molecule has 1 aromatic heterocycles. The molecular formula is C27H23N3O2S. The molecule has 2 atom stereocenters. The molecular weight excluding hydrogens is 430 g/mol.